The fourth-order valence-corrected chi connectivity index (χ4v) is 1.70. The van der Waals surface area contributed by atoms with Crippen LogP contribution in [0.4, 0.5) is 0 Å². The Hall–Kier alpha value is -0.580. The molecule has 1 aromatic carbocycles. The summed E-state index contributed by atoms with van der Waals surface area (Å²) in [5.74, 6) is 0.921. The first-order valence-electron chi connectivity index (χ1n) is 5.62. The van der Waals surface area contributed by atoms with Crippen LogP contribution < -0.4 is 15.8 Å². The SMILES string of the molecule is NCCNCCCCOc1cccc(Br)c1. The van der Waals surface area contributed by atoms with E-state index in [4.69, 9.17) is 10.5 Å². The summed E-state index contributed by atoms with van der Waals surface area (Å²) in [5.41, 5.74) is 5.37. The molecule has 4 heteroatoms. The molecule has 3 nitrogen and oxygen atoms in total. The Labute approximate surface area is 105 Å². The molecule has 0 radical (unpaired) electrons. The van der Waals surface area contributed by atoms with Crippen LogP contribution in [0.1, 0.15) is 12.8 Å². The Morgan fingerprint density at radius 3 is 2.88 bits per heavy atom. The molecule has 0 fully saturated rings. The quantitative estimate of drug-likeness (QED) is 0.720. The molecular weight excluding hydrogens is 268 g/mol. The van der Waals surface area contributed by atoms with Gasteiger partial charge in [-0.05, 0) is 37.6 Å². The summed E-state index contributed by atoms with van der Waals surface area (Å²) in [4.78, 5) is 0. The van der Waals surface area contributed by atoms with Crippen molar-refractivity contribution < 1.29 is 4.74 Å². The number of ether oxygens (including phenoxy) is 1. The summed E-state index contributed by atoms with van der Waals surface area (Å²) >= 11 is 3.41. The standard InChI is InChI=1S/C12H19BrN2O/c13-11-4-3-5-12(10-11)16-9-2-1-7-15-8-6-14/h3-5,10,15H,1-2,6-9,14H2. The molecule has 0 amide bonds. The first kappa shape index (κ1) is 13.5. The third-order valence-electron chi connectivity index (χ3n) is 2.13. The largest absolute Gasteiger partial charge is 0.494 e. The topological polar surface area (TPSA) is 47.3 Å². The van der Waals surface area contributed by atoms with E-state index in [9.17, 15) is 0 Å². The lowest BCUT2D eigenvalue weighted by Gasteiger charge is -2.06. The van der Waals surface area contributed by atoms with Crippen molar-refractivity contribution in [3.05, 3.63) is 28.7 Å². The summed E-state index contributed by atoms with van der Waals surface area (Å²) in [5, 5.41) is 3.25. The average molecular weight is 287 g/mol. The van der Waals surface area contributed by atoms with Crippen LogP contribution in [-0.4, -0.2) is 26.2 Å². The van der Waals surface area contributed by atoms with Crippen LogP contribution >= 0.6 is 15.9 Å². The monoisotopic (exact) mass is 286 g/mol. The van der Waals surface area contributed by atoms with E-state index in [0.29, 0.717) is 6.54 Å². The molecule has 3 N–H and O–H groups in total. The Balaban J connectivity index is 2.03. The number of hydrogen-bond donors (Lipinski definition) is 2. The molecule has 0 saturated carbocycles. The minimum atomic E-state index is 0.703. The molecule has 0 aromatic heterocycles. The second-order valence-corrected chi connectivity index (χ2v) is 4.47. The normalized spacial score (nSPS) is 10.4. The second-order valence-electron chi connectivity index (χ2n) is 3.55. The fourth-order valence-electron chi connectivity index (χ4n) is 1.33. The van der Waals surface area contributed by atoms with Crippen molar-refractivity contribution in [2.45, 2.75) is 12.8 Å². The van der Waals surface area contributed by atoms with E-state index in [1.54, 1.807) is 0 Å². The van der Waals surface area contributed by atoms with Gasteiger partial charge in [0, 0.05) is 17.6 Å². The van der Waals surface area contributed by atoms with E-state index in [1.807, 2.05) is 24.3 Å². The maximum atomic E-state index is 5.61. The molecule has 1 aromatic rings. The predicted molar refractivity (Wildman–Crippen MR) is 70.8 cm³/mol. The average Bonchev–Trinajstić information content (AvgIpc) is 2.28. The molecule has 0 bridgehead atoms. The minimum absolute atomic E-state index is 0.703. The maximum absolute atomic E-state index is 5.61. The zero-order valence-electron chi connectivity index (χ0n) is 9.42. The van der Waals surface area contributed by atoms with Gasteiger partial charge in [-0.1, -0.05) is 22.0 Å². The summed E-state index contributed by atoms with van der Waals surface area (Å²) in [6.07, 6.45) is 2.18. The van der Waals surface area contributed by atoms with Crippen molar-refractivity contribution in [2.75, 3.05) is 26.2 Å². The van der Waals surface area contributed by atoms with Crippen molar-refractivity contribution in [1.82, 2.24) is 5.32 Å². The number of benzene rings is 1. The molecule has 0 heterocycles. The number of unbranched alkanes of at least 4 members (excludes halogenated alkanes) is 1. The third-order valence-corrected chi connectivity index (χ3v) is 2.63. The van der Waals surface area contributed by atoms with Crippen molar-refractivity contribution in [3.63, 3.8) is 0 Å². The van der Waals surface area contributed by atoms with Gasteiger partial charge in [0.2, 0.25) is 0 Å². The maximum Gasteiger partial charge on any atom is 0.120 e. The van der Waals surface area contributed by atoms with Gasteiger partial charge in [-0.25, -0.2) is 0 Å². The number of rotatable bonds is 8. The van der Waals surface area contributed by atoms with Crippen LogP contribution in [-0.2, 0) is 0 Å². The van der Waals surface area contributed by atoms with Gasteiger partial charge in [-0.2, -0.15) is 0 Å². The van der Waals surface area contributed by atoms with E-state index in [1.165, 1.54) is 0 Å². The number of nitrogens with two attached hydrogens (primary N) is 1. The number of hydrogen-bond acceptors (Lipinski definition) is 3. The zero-order chi connectivity index (χ0) is 11.6. The van der Waals surface area contributed by atoms with E-state index in [-0.39, 0.29) is 0 Å². The first-order chi connectivity index (χ1) is 7.83. The molecule has 0 atom stereocenters. The van der Waals surface area contributed by atoms with Gasteiger partial charge in [-0.15, -0.1) is 0 Å². The van der Waals surface area contributed by atoms with Crippen molar-refractivity contribution >= 4 is 15.9 Å². The fraction of sp³-hybridized carbons (Fsp3) is 0.500. The molecule has 0 aliphatic carbocycles. The van der Waals surface area contributed by atoms with E-state index >= 15 is 0 Å². The van der Waals surface area contributed by atoms with E-state index < -0.39 is 0 Å². The summed E-state index contributed by atoms with van der Waals surface area (Å²) in [6.45, 7) is 3.38. The number of halogens is 1. The van der Waals surface area contributed by atoms with Crippen LogP contribution in [0.3, 0.4) is 0 Å². The van der Waals surface area contributed by atoms with Gasteiger partial charge in [-0.3, -0.25) is 0 Å². The Kier molecular flexibility index (Phi) is 7.21. The highest BCUT2D eigenvalue weighted by molar-refractivity contribution is 9.10. The molecule has 1 rings (SSSR count). The summed E-state index contributed by atoms with van der Waals surface area (Å²) in [6, 6.07) is 7.91. The molecule has 0 unspecified atom stereocenters. The lowest BCUT2D eigenvalue weighted by Crippen LogP contribution is -2.23. The van der Waals surface area contributed by atoms with Crippen molar-refractivity contribution in [1.29, 1.82) is 0 Å². The second kappa shape index (κ2) is 8.56. The van der Waals surface area contributed by atoms with E-state index in [2.05, 4.69) is 21.2 Å². The Bertz CT molecular complexity index is 294. The highest BCUT2D eigenvalue weighted by Crippen LogP contribution is 2.17. The lowest BCUT2D eigenvalue weighted by molar-refractivity contribution is 0.306. The van der Waals surface area contributed by atoms with Crippen LogP contribution in [0, 0.1) is 0 Å². The molecule has 0 aliphatic rings. The van der Waals surface area contributed by atoms with Crippen LogP contribution in [0.25, 0.3) is 0 Å². The van der Waals surface area contributed by atoms with Crippen LogP contribution in [0.2, 0.25) is 0 Å². The molecule has 90 valence electrons. The van der Waals surface area contributed by atoms with Gasteiger partial charge < -0.3 is 15.8 Å². The third kappa shape index (κ3) is 6.10. The summed E-state index contributed by atoms with van der Waals surface area (Å²) < 4.78 is 6.66. The van der Waals surface area contributed by atoms with Crippen molar-refractivity contribution in [2.24, 2.45) is 5.73 Å². The predicted octanol–water partition coefficient (Wildman–Crippen LogP) is 2.16. The molecule has 0 saturated heterocycles. The minimum Gasteiger partial charge on any atom is -0.494 e. The van der Waals surface area contributed by atoms with Gasteiger partial charge >= 0.3 is 0 Å². The highest BCUT2D eigenvalue weighted by atomic mass is 79.9. The van der Waals surface area contributed by atoms with Gasteiger partial charge in [0.1, 0.15) is 5.75 Å². The molecule has 16 heavy (non-hydrogen) atoms. The van der Waals surface area contributed by atoms with Gasteiger partial charge in [0.15, 0.2) is 0 Å². The van der Waals surface area contributed by atoms with Crippen molar-refractivity contribution in [3.8, 4) is 5.75 Å². The molecular formula is C12H19BrN2O. The highest BCUT2D eigenvalue weighted by Gasteiger charge is 1.94. The van der Waals surface area contributed by atoms with Crippen LogP contribution in [0.5, 0.6) is 5.75 Å². The van der Waals surface area contributed by atoms with E-state index in [0.717, 1.165) is 42.8 Å². The molecule has 0 aliphatic heterocycles. The van der Waals surface area contributed by atoms with Crippen LogP contribution in [0.15, 0.2) is 28.7 Å². The smallest absolute Gasteiger partial charge is 0.120 e. The zero-order valence-corrected chi connectivity index (χ0v) is 11.0. The molecule has 0 spiro atoms. The Morgan fingerprint density at radius 2 is 2.12 bits per heavy atom. The Morgan fingerprint density at radius 1 is 1.25 bits per heavy atom. The lowest BCUT2D eigenvalue weighted by atomic mass is 10.3. The van der Waals surface area contributed by atoms with Gasteiger partial charge in [0.25, 0.3) is 0 Å². The number of nitrogens with one attached hydrogen (secondary N) is 1. The van der Waals surface area contributed by atoms with Gasteiger partial charge in [0.05, 0.1) is 6.61 Å². The first-order valence-corrected chi connectivity index (χ1v) is 6.41. The summed E-state index contributed by atoms with van der Waals surface area (Å²) in [7, 11) is 0.